The zero-order chi connectivity index (χ0) is 10.0. The fourth-order valence-corrected chi connectivity index (χ4v) is 1.19. The van der Waals surface area contributed by atoms with Crippen LogP contribution >= 0.6 is 0 Å². The van der Waals surface area contributed by atoms with Gasteiger partial charge in [-0.15, -0.1) is 0 Å². The molecule has 1 aliphatic heterocycles. The number of hydrogen-bond acceptors (Lipinski definition) is 5. The lowest BCUT2D eigenvalue weighted by Gasteiger charge is -2.35. The van der Waals surface area contributed by atoms with E-state index >= 15 is 0 Å². The fraction of sp³-hybridized carbons (Fsp3) is 0.857. The summed E-state index contributed by atoms with van der Waals surface area (Å²) in [7, 11) is 0. The van der Waals surface area contributed by atoms with Crippen molar-refractivity contribution in [3.8, 4) is 0 Å². The van der Waals surface area contributed by atoms with E-state index in [0.717, 1.165) is 0 Å². The Labute approximate surface area is 75.1 Å². The zero-order valence-electron chi connectivity index (χ0n) is 7.17. The molecule has 0 aromatic heterocycles. The molecule has 1 aliphatic rings. The highest BCUT2D eigenvalue weighted by molar-refractivity contribution is 5.73. The average molecular weight is 191 g/mol. The molecule has 0 unspecified atom stereocenters. The SMILES string of the molecule is CC(=O)N[C@@H]1CO[C@@H](O)[C@H](O)[C@@H]1O. The number of amides is 1. The minimum atomic E-state index is -1.39. The van der Waals surface area contributed by atoms with E-state index < -0.39 is 24.5 Å². The summed E-state index contributed by atoms with van der Waals surface area (Å²) >= 11 is 0. The Morgan fingerprint density at radius 1 is 1.38 bits per heavy atom. The summed E-state index contributed by atoms with van der Waals surface area (Å²) in [6.45, 7) is 1.28. The molecule has 1 heterocycles. The molecule has 0 radical (unpaired) electrons. The van der Waals surface area contributed by atoms with Gasteiger partial charge in [-0.1, -0.05) is 0 Å². The smallest absolute Gasteiger partial charge is 0.217 e. The van der Waals surface area contributed by atoms with Gasteiger partial charge in [-0.05, 0) is 0 Å². The maximum Gasteiger partial charge on any atom is 0.217 e. The maximum absolute atomic E-state index is 10.6. The Hall–Kier alpha value is -0.690. The van der Waals surface area contributed by atoms with Crippen molar-refractivity contribution in [3.05, 3.63) is 0 Å². The van der Waals surface area contributed by atoms with E-state index in [9.17, 15) is 9.90 Å². The molecule has 6 heteroatoms. The molecular formula is C7H13NO5. The van der Waals surface area contributed by atoms with Crippen molar-refractivity contribution in [3.63, 3.8) is 0 Å². The second kappa shape index (κ2) is 4.01. The first-order valence-electron chi connectivity index (χ1n) is 3.95. The Kier molecular flexibility index (Phi) is 3.21. The van der Waals surface area contributed by atoms with E-state index in [1.165, 1.54) is 6.92 Å². The van der Waals surface area contributed by atoms with Gasteiger partial charge < -0.3 is 25.4 Å². The molecule has 0 aromatic carbocycles. The topological polar surface area (TPSA) is 99.0 Å². The van der Waals surface area contributed by atoms with Crippen LogP contribution in [0.4, 0.5) is 0 Å². The highest BCUT2D eigenvalue weighted by Crippen LogP contribution is 2.13. The van der Waals surface area contributed by atoms with E-state index in [1.807, 2.05) is 0 Å². The van der Waals surface area contributed by atoms with Gasteiger partial charge in [0.1, 0.15) is 12.2 Å². The standard InChI is InChI=1S/C7H13NO5/c1-3(9)8-4-2-13-7(12)6(11)5(4)10/h4-7,10-12H,2H2,1H3,(H,8,9)/t4-,5-,6-,7-/m1/s1. The van der Waals surface area contributed by atoms with Gasteiger partial charge in [-0.3, -0.25) is 4.79 Å². The summed E-state index contributed by atoms with van der Waals surface area (Å²) in [5.41, 5.74) is 0. The molecule has 0 aliphatic carbocycles. The van der Waals surface area contributed by atoms with E-state index in [-0.39, 0.29) is 12.5 Å². The Morgan fingerprint density at radius 2 is 2.00 bits per heavy atom. The summed E-state index contributed by atoms with van der Waals surface area (Å²) < 4.78 is 4.70. The molecule has 0 aromatic rings. The van der Waals surface area contributed by atoms with Crippen molar-refractivity contribution in [2.45, 2.75) is 31.5 Å². The van der Waals surface area contributed by atoms with Crippen molar-refractivity contribution in [1.29, 1.82) is 0 Å². The zero-order valence-corrected chi connectivity index (χ0v) is 7.17. The molecule has 0 spiro atoms. The number of carbonyl (C=O) groups is 1. The summed E-state index contributed by atoms with van der Waals surface area (Å²) in [4.78, 5) is 10.6. The van der Waals surface area contributed by atoms with E-state index in [1.54, 1.807) is 0 Å². The predicted octanol–water partition coefficient (Wildman–Crippen LogP) is -2.44. The van der Waals surface area contributed by atoms with Gasteiger partial charge in [0.2, 0.25) is 5.91 Å². The molecule has 1 fully saturated rings. The normalized spacial score (nSPS) is 40.0. The number of hydrogen-bond donors (Lipinski definition) is 4. The molecule has 0 bridgehead atoms. The molecule has 13 heavy (non-hydrogen) atoms. The lowest BCUT2D eigenvalue weighted by atomic mass is 10.0. The van der Waals surface area contributed by atoms with Crippen LogP contribution < -0.4 is 5.32 Å². The van der Waals surface area contributed by atoms with Gasteiger partial charge in [0.25, 0.3) is 0 Å². The van der Waals surface area contributed by atoms with Crippen LogP contribution in [0.25, 0.3) is 0 Å². The minimum absolute atomic E-state index is 0.0149. The van der Waals surface area contributed by atoms with Crippen molar-refractivity contribution >= 4 is 5.91 Å². The van der Waals surface area contributed by atoms with Crippen molar-refractivity contribution in [2.75, 3.05) is 6.61 Å². The van der Waals surface area contributed by atoms with Gasteiger partial charge >= 0.3 is 0 Å². The van der Waals surface area contributed by atoms with Crippen LogP contribution in [0.2, 0.25) is 0 Å². The summed E-state index contributed by atoms with van der Waals surface area (Å²) in [6, 6.07) is -0.670. The van der Waals surface area contributed by atoms with Crippen molar-refractivity contribution in [1.82, 2.24) is 5.32 Å². The Bertz CT molecular complexity index is 197. The van der Waals surface area contributed by atoms with E-state index in [0.29, 0.717) is 0 Å². The van der Waals surface area contributed by atoms with Crippen LogP contribution in [0.1, 0.15) is 6.92 Å². The van der Waals surface area contributed by atoms with Gasteiger partial charge in [-0.2, -0.15) is 0 Å². The first-order valence-corrected chi connectivity index (χ1v) is 3.95. The van der Waals surface area contributed by atoms with E-state index in [2.05, 4.69) is 5.32 Å². The van der Waals surface area contributed by atoms with Gasteiger partial charge in [-0.25, -0.2) is 0 Å². The second-order valence-corrected chi connectivity index (χ2v) is 3.01. The van der Waals surface area contributed by atoms with Crippen LogP contribution in [0.15, 0.2) is 0 Å². The Balaban J connectivity index is 2.53. The van der Waals surface area contributed by atoms with Crippen LogP contribution in [-0.4, -0.2) is 52.4 Å². The van der Waals surface area contributed by atoms with Crippen LogP contribution in [0, 0.1) is 0 Å². The number of ether oxygens (including phenoxy) is 1. The first kappa shape index (κ1) is 10.4. The maximum atomic E-state index is 10.6. The summed E-state index contributed by atoms with van der Waals surface area (Å²) in [5.74, 6) is -0.323. The third kappa shape index (κ3) is 2.38. The molecule has 1 rings (SSSR count). The minimum Gasteiger partial charge on any atom is -0.388 e. The van der Waals surface area contributed by atoms with Crippen molar-refractivity contribution < 1.29 is 24.9 Å². The highest BCUT2D eigenvalue weighted by Gasteiger charge is 2.37. The van der Waals surface area contributed by atoms with Gasteiger partial charge in [0.05, 0.1) is 12.6 Å². The molecule has 0 saturated carbocycles. The molecule has 76 valence electrons. The monoisotopic (exact) mass is 191 g/mol. The number of nitrogens with one attached hydrogen (secondary N) is 1. The van der Waals surface area contributed by atoms with Crippen LogP contribution in [-0.2, 0) is 9.53 Å². The third-order valence-electron chi connectivity index (χ3n) is 1.89. The molecule has 1 saturated heterocycles. The summed E-state index contributed by atoms with van der Waals surface area (Å²) in [5, 5.41) is 29.9. The third-order valence-corrected chi connectivity index (χ3v) is 1.89. The van der Waals surface area contributed by atoms with E-state index in [4.69, 9.17) is 14.9 Å². The Morgan fingerprint density at radius 3 is 2.54 bits per heavy atom. The molecule has 6 nitrogen and oxygen atoms in total. The molecule has 4 atom stereocenters. The second-order valence-electron chi connectivity index (χ2n) is 3.01. The number of carbonyl (C=O) groups excluding carboxylic acids is 1. The summed E-state index contributed by atoms with van der Waals surface area (Å²) in [6.07, 6.45) is -3.97. The first-order chi connectivity index (χ1) is 6.02. The molecular weight excluding hydrogens is 178 g/mol. The average Bonchev–Trinajstić information content (AvgIpc) is 2.06. The van der Waals surface area contributed by atoms with Gasteiger partial charge in [0, 0.05) is 6.92 Å². The lowest BCUT2D eigenvalue weighted by Crippen LogP contribution is -2.58. The lowest BCUT2D eigenvalue weighted by molar-refractivity contribution is -0.229. The number of rotatable bonds is 1. The number of aliphatic hydroxyl groups excluding tert-OH is 3. The molecule has 4 N–H and O–H groups in total. The van der Waals surface area contributed by atoms with Crippen LogP contribution in [0.3, 0.4) is 0 Å². The predicted molar refractivity (Wildman–Crippen MR) is 41.6 cm³/mol. The quantitative estimate of drug-likeness (QED) is 0.369. The van der Waals surface area contributed by atoms with Gasteiger partial charge in [0.15, 0.2) is 6.29 Å². The highest BCUT2D eigenvalue weighted by atomic mass is 16.6. The van der Waals surface area contributed by atoms with Crippen LogP contribution in [0.5, 0.6) is 0 Å². The fourth-order valence-electron chi connectivity index (χ4n) is 1.19. The number of aliphatic hydroxyl groups is 3. The largest absolute Gasteiger partial charge is 0.388 e. The van der Waals surface area contributed by atoms with Crippen molar-refractivity contribution in [2.24, 2.45) is 0 Å². The molecule has 1 amide bonds.